The number of nitrogens with two attached hydrogens (primary N) is 1. The Morgan fingerprint density at radius 2 is 1.89 bits per heavy atom. The first-order valence-corrected chi connectivity index (χ1v) is 6.46. The number of rotatable bonds is 5. The van der Waals surface area contributed by atoms with E-state index in [1.54, 1.807) is 0 Å². The molecule has 19 heavy (non-hydrogen) atoms. The van der Waals surface area contributed by atoms with Crippen molar-refractivity contribution in [1.82, 2.24) is 0 Å². The third-order valence-electron chi connectivity index (χ3n) is 2.76. The molecule has 0 heterocycles. The lowest BCUT2D eigenvalue weighted by atomic mass is 10.1. The second-order valence-corrected chi connectivity index (χ2v) is 4.65. The van der Waals surface area contributed by atoms with Gasteiger partial charge in [0.2, 0.25) is 0 Å². The van der Waals surface area contributed by atoms with Gasteiger partial charge in [-0.3, -0.25) is 0 Å². The van der Waals surface area contributed by atoms with Gasteiger partial charge in [0.15, 0.2) is 0 Å². The molecular weight excluding hydrogens is 265 g/mol. The molecule has 0 aliphatic heterocycles. The number of ether oxygens (including phenoxy) is 1. The number of halogens is 2. The van der Waals surface area contributed by atoms with Crippen molar-refractivity contribution in [2.75, 3.05) is 12.3 Å². The molecule has 0 saturated carbocycles. The number of nitrogen functional groups attached to an aromatic ring is 1. The highest BCUT2D eigenvalue weighted by Crippen LogP contribution is 2.28. The van der Waals surface area contributed by atoms with Gasteiger partial charge in [0, 0.05) is 12.1 Å². The highest BCUT2D eigenvalue weighted by Gasteiger charge is 2.07. The molecule has 0 atom stereocenters. The molecule has 0 aliphatic rings. The highest BCUT2D eigenvalue weighted by molar-refractivity contribution is 6.31. The summed E-state index contributed by atoms with van der Waals surface area (Å²) in [7, 11) is 0. The van der Waals surface area contributed by atoms with Gasteiger partial charge in [-0.05, 0) is 18.4 Å². The van der Waals surface area contributed by atoms with Crippen LogP contribution < -0.4 is 10.5 Å². The topological polar surface area (TPSA) is 35.2 Å². The maximum atomic E-state index is 13.1. The van der Waals surface area contributed by atoms with Crippen molar-refractivity contribution >= 4 is 17.3 Å². The number of hydrogen-bond donors (Lipinski definition) is 1. The Balaban J connectivity index is 1.85. The molecule has 2 N–H and O–H groups in total. The minimum absolute atomic E-state index is 0.0206. The predicted molar refractivity (Wildman–Crippen MR) is 76.1 cm³/mol. The summed E-state index contributed by atoms with van der Waals surface area (Å²) in [6, 6.07) is 12.7. The maximum Gasteiger partial charge on any atom is 0.144 e. The summed E-state index contributed by atoms with van der Waals surface area (Å²) in [5.41, 5.74) is 7.19. The Labute approximate surface area is 117 Å². The molecule has 0 spiro atoms. The first kappa shape index (κ1) is 13.7. The van der Waals surface area contributed by atoms with Crippen molar-refractivity contribution in [2.45, 2.75) is 12.8 Å². The van der Waals surface area contributed by atoms with E-state index in [2.05, 4.69) is 12.1 Å². The second-order valence-electron chi connectivity index (χ2n) is 4.24. The molecule has 0 bridgehead atoms. The van der Waals surface area contributed by atoms with Crippen LogP contribution in [0.2, 0.25) is 5.02 Å². The van der Waals surface area contributed by atoms with Crippen LogP contribution in [0.25, 0.3) is 0 Å². The van der Waals surface area contributed by atoms with Gasteiger partial charge in [-0.15, -0.1) is 0 Å². The van der Waals surface area contributed by atoms with Crippen molar-refractivity contribution in [1.29, 1.82) is 0 Å². The summed E-state index contributed by atoms with van der Waals surface area (Å²) in [6.45, 7) is 0.515. The minimum Gasteiger partial charge on any atom is -0.491 e. The van der Waals surface area contributed by atoms with Crippen LogP contribution in [0.3, 0.4) is 0 Å². The lowest BCUT2D eigenvalue weighted by Gasteiger charge is -2.09. The van der Waals surface area contributed by atoms with E-state index in [1.807, 2.05) is 18.2 Å². The predicted octanol–water partition coefficient (Wildman–Crippen LogP) is 4.07. The van der Waals surface area contributed by atoms with E-state index < -0.39 is 5.82 Å². The summed E-state index contributed by atoms with van der Waals surface area (Å²) in [5, 5.41) is 0.0206. The van der Waals surface area contributed by atoms with Gasteiger partial charge in [0.1, 0.15) is 11.6 Å². The first-order valence-electron chi connectivity index (χ1n) is 6.08. The molecule has 4 heteroatoms. The van der Waals surface area contributed by atoms with Crippen molar-refractivity contribution in [3.05, 3.63) is 58.9 Å². The van der Waals surface area contributed by atoms with Crippen LogP contribution in [0.4, 0.5) is 10.1 Å². The average molecular weight is 280 g/mol. The molecule has 2 rings (SSSR count). The third kappa shape index (κ3) is 3.86. The lowest BCUT2D eigenvalue weighted by molar-refractivity contribution is 0.312. The van der Waals surface area contributed by atoms with Crippen LogP contribution in [0.5, 0.6) is 5.75 Å². The molecular formula is C15H15ClFNO. The van der Waals surface area contributed by atoms with Crippen molar-refractivity contribution in [3.63, 3.8) is 0 Å². The highest BCUT2D eigenvalue weighted by atomic mass is 35.5. The van der Waals surface area contributed by atoms with Gasteiger partial charge in [-0.1, -0.05) is 41.9 Å². The normalized spacial score (nSPS) is 10.4. The summed E-state index contributed by atoms with van der Waals surface area (Å²) in [6.07, 6.45) is 1.79. The largest absolute Gasteiger partial charge is 0.491 e. The number of aryl methyl sites for hydroxylation is 1. The molecule has 0 unspecified atom stereocenters. The minimum atomic E-state index is -0.532. The van der Waals surface area contributed by atoms with Gasteiger partial charge >= 0.3 is 0 Å². The molecule has 100 valence electrons. The van der Waals surface area contributed by atoms with E-state index in [9.17, 15) is 4.39 Å². The van der Waals surface area contributed by atoms with Gasteiger partial charge in [-0.2, -0.15) is 0 Å². The number of anilines is 1. The van der Waals surface area contributed by atoms with E-state index in [4.69, 9.17) is 22.1 Å². The first-order chi connectivity index (χ1) is 9.16. The Kier molecular flexibility index (Phi) is 4.63. The molecule has 2 nitrogen and oxygen atoms in total. The van der Waals surface area contributed by atoms with Crippen molar-refractivity contribution in [2.24, 2.45) is 0 Å². The third-order valence-corrected chi connectivity index (χ3v) is 3.05. The number of benzene rings is 2. The molecule has 0 saturated heterocycles. The molecule has 0 radical (unpaired) electrons. The summed E-state index contributed by atoms with van der Waals surface area (Å²) >= 11 is 5.68. The zero-order chi connectivity index (χ0) is 13.7. The van der Waals surface area contributed by atoms with Crippen LogP contribution in [-0.2, 0) is 6.42 Å². The molecule has 2 aromatic rings. The summed E-state index contributed by atoms with van der Waals surface area (Å²) < 4.78 is 18.6. The summed E-state index contributed by atoms with van der Waals surface area (Å²) in [4.78, 5) is 0. The van der Waals surface area contributed by atoms with Crippen LogP contribution >= 0.6 is 11.6 Å². The van der Waals surface area contributed by atoms with Crippen molar-refractivity contribution < 1.29 is 9.13 Å². The van der Waals surface area contributed by atoms with Crippen LogP contribution in [0.15, 0.2) is 42.5 Å². The summed E-state index contributed by atoms with van der Waals surface area (Å²) in [5.74, 6) is -0.102. The Bertz CT molecular complexity index is 545. The zero-order valence-corrected chi connectivity index (χ0v) is 11.2. The van der Waals surface area contributed by atoms with Crippen LogP contribution in [0, 0.1) is 5.82 Å². The SMILES string of the molecule is Nc1cc(F)c(Cl)cc1OCCCc1ccccc1. The van der Waals surface area contributed by atoms with E-state index in [0.29, 0.717) is 12.4 Å². The standard InChI is InChI=1S/C15H15ClFNO/c16-12-9-15(14(18)10-13(12)17)19-8-4-7-11-5-2-1-3-6-11/h1-3,5-6,9-10H,4,7-8,18H2. The van der Waals surface area contributed by atoms with E-state index >= 15 is 0 Å². The Morgan fingerprint density at radius 1 is 1.16 bits per heavy atom. The van der Waals surface area contributed by atoms with Crippen LogP contribution in [-0.4, -0.2) is 6.61 Å². The molecule has 2 aromatic carbocycles. The number of hydrogen-bond acceptors (Lipinski definition) is 2. The van der Waals surface area contributed by atoms with Gasteiger partial charge in [0.25, 0.3) is 0 Å². The fraction of sp³-hybridized carbons (Fsp3) is 0.200. The monoisotopic (exact) mass is 279 g/mol. The second kappa shape index (κ2) is 6.43. The van der Waals surface area contributed by atoms with Crippen molar-refractivity contribution in [3.8, 4) is 5.75 Å². The quantitative estimate of drug-likeness (QED) is 0.661. The maximum absolute atomic E-state index is 13.1. The van der Waals surface area contributed by atoms with Gasteiger partial charge in [-0.25, -0.2) is 4.39 Å². The van der Waals surface area contributed by atoms with Gasteiger partial charge in [0.05, 0.1) is 17.3 Å². The Hall–Kier alpha value is -1.74. The van der Waals surface area contributed by atoms with Gasteiger partial charge < -0.3 is 10.5 Å². The lowest BCUT2D eigenvalue weighted by Crippen LogP contribution is -2.02. The molecule has 0 amide bonds. The van der Waals surface area contributed by atoms with E-state index in [-0.39, 0.29) is 10.7 Å². The fourth-order valence-corrected chi connectivity index (χ4v) is 1.93. The molecule has 0 aromatic heterocycles. The zero-order valence-electron chi connectivity index (χ0n) is 10.4. The average Bonchev–Trinajstić information content (AvgIpc) is 2.41. The molecule has 0 aliphatic carbocycles. The Morgan fingerprint density at radius 3 is 2.63 bits per heavy atom. The molecule has 0 fully saturated rings. The fourth-order valence-electron chi connectivity index (χ4n) is 1.77. The van der Waals surface area contributed by atoms with Crippen LogP contribution in [0.1, 0.15) is 12.0 Å². The smallest absolute Gasteiger partial charge is 0.144 e. The van der Waals surface area contributed by atoms with E-state index in [1.165, 1.54) is 17.7 Å². The van der Waals surface area contributed by atoms with E-state index in [0.717, 1.165) is 12.8 Å².